The summed E-state index contributed by atoms with van der Waals surface area (Å²) in [6, 6.07) is 7.48. The zero-order valence-corrected chi connectivity index (χ0v) is 18.8. The van der Waals surface area contributed by atoms with Crippen molar-refractivity contribution < 1.29 is 14.1 Å². The molecular formula is C22H37NO3S. The second-order valence-electron chi connectivity index (χ2n) is 8.81. The summed E-state index contributed by atoms with van der Waals surface area (Å²) in [5.41, 5.74) is 1.60. The van der Waals surface area contributed by atoms with Crippen LogP contribution in [0.25, 0.3) is 0 Å². The first-order chi connectivity index (χ1) is 12.5. The second-order valence-corrected chi connectivity index (χ2v) is 10.8. The molecule has 0 aliphatic heterocycles. The van der Waals surface area contributed by atoms with Gasteiger partial charge in [0, 0.05) is 11.4 Å². The third-order valence-corrected chi connectivity index (χ3v) is 5.83. The van der Waals surface area contributed by atoms with Gasteiger partial charge in [-0.05, 0) is 64.7 Å². The maximum absolute atomic E-state index is 12.6. The molecule has 0 spiro atoms. The van der Waals surface area contributed by atoms with Gasteiger partial charge in [0.1, 0.15) is 4.75 Å². The third-order valence-electron chi connectivity index (χ3n) is 4.22. The summed E-state index contributed by atoms with van der Waals surface area (Å²) < 4.78 is 20.8. The monoisotopic (exact) mass is 395 g/mol. The van der Waals surface area contributed by atoms with E-state index in [1.54, 1.807) is 12.1 Å². The van der Waals surface area contributed by atoms with Crippen LogP contribution in [0.15, 0.2) is 24.3 Å². The first kappa shape index (κ1) is 24.0. The van der Waals surface area contributed by atoms with Crippen molar-refractivity contribution in [1.29, 1.82) is 0 Å². The van der Waals surface area contributed by atoms with Gasteiger partial charge in [-0.2, -0.15) is 0 Å². The Morgan fingerprint density at radius 1 is 1.07 bits per heavy atom. The number of carbonyl (C=O) groups is 1. The minimum Gasteiger partial charge on any atom is -0.598 e. The second kappa shape index (κ2) is 11.1. The van der Waals surface area contributed by atoms with Gasteiger partial charge >= 0.3 is 5.97 Å². The number of unbranched alkanes of at least 4 members (excludes halogenated alkanes) is 1. The summed E-state index contributed by atoms with van der Waals surface area (Å²) in [6.45, 7) is 14.1. The van der Waals surface area contributed by atoms with E-state index in [1.807, 2.05) is 46.8 Å². The lowest BCUT2D eigenvalue weighted by molar-refractivity contribution is 0.0378. The molecule has 1 N–H and O–H groups in total. The SMILES string of the molecule is CC(C)CCCC[C@@H](N[S@@+]([O-])C(C)(C)C)c1ccc(C(=O)OC(C)C)cc1. The minimum atomic E-state index is -1.15. The Morgan fingerprint density at radius 3 is 2.11 bits per heavy atom. The van der Waals surface area contributed by atoms with Gasteiger partial charge in [0.2, 0.25) is 0 Å². The highest BCUT2D eigenvalue weighted by Gasteiger charge is 2.29. The van der Waals surface area contributed by atoms with Crippen LogP contribution in [0.1, 0.15) is 96.1 Å². The Kier molecular flexibility index (Phi) is 9.85. The van der Waals surface area contributed by atoms with Crippen LogP contribution in [-0.2, 0) is 16.1 Å². The van der Waals surface area contributed by atoms with Crippen molar-refractivity contribution >= 4 is 17.3 Å². The van der Waals surface area contributed by atoms with Gasteiger partial charge in [0.15, 0.2) is 0 Å². The predicted molar refractivity (Wildman–Crippen MR) is 114 cm³/mol. The van der Waals surface area contributed by atoms with Crippen LogP contribution in [-0.4, -0.2) is 21.4 Å². The molecule has 0 bridgehead atoms. The van der Waals surface area contributed by atoms with Gasteiger partial charge in [-0.3, -0.25) is 0 Å². The number of esters is 1. The third kappa shape index (κ3) is 9.13. The molecule has 0 fully saturated rings. The quantitative estimate of drug-likeness (QED) is 0.320. The van der Waals surface area contributed by atoms with Crippen LogP contribution < -0.4 is 4.72 Å². The molecule has 1 rings (SSSR count). The van der Waals surface area contributed by atoms with Gasteiger partial charge in [-0.15, -0.1) is 4.72 Å². The van der Waals surface area contributed by atoms with Crippen LogP contribution in [0.4, 0.5) is 0 Å². The molecule has 154 valence electrons. The molecular weight excluding hydrogens is 358 g/mol. The number of hydrogen-bond acceptors (Lipinski definition) is 4. The highest BCUT2D eigenvalue weighted by Crippen LogP contribution is 2.25. The Bertz CT molecular complexity index is 564. The molecule has 4 nitrogen and oxygen atoms in total. The lowest BCUT2D eigenvalue weighted by Crippen LogP contribution is -2.41. The molecule has 0 saturated heterocycles. The molecule has 5 heteroatoms. The maximum Gasteiger partial charge on any atom is 0.338 e. The Balaban J connectivity index is 2.85. The molecule has 1 aromatic rings. The van der Waals surface area contributed by atoms with Crippen LogP contribution in [0, 0.1) is 5.92 Å². The van der Waals surface area contributed by atoms with Crippen LogP contribution >= 0.6 is 0 Å². The van der Waals surface area contributed by atoms with Gasteiger partial charge in [-0.25, -0.2) is 4.79 Å². The summed E-state index contributed by atoms with van der Waals surface area (Å²) >= 11 is -1.15. The Morgan fingerprint density at radius 2 is 1.63 bits per heavy atom. The fourth-order valence-corrected chi connectivity index (χ4v) is 3.50. The molecule has 0 saturated carbocycles. The van der Waals surface area contributed by atoms with Gasteiger partial charge in [0.05, 0.1) is 17.7 Å². The molecule has 0 aromatic heterocycles. The average molecular weight is 396 g/mol. The topological polar surface area (TPSA) is 61.4 Å². The van der Waals surface area contributed by atoms with E-state index in [9.17, 15) is 9.35 Å². The molecule has 0 heterocycles. The molecule has 0 aliphatic rings. The molecule has 2 atom stereocenters. The van der Waals surface area contributed by atoms with Crippen molar-refractivity contribution in [3.8, 4) is 0 Å². The Hall–Kier alpha value is -1.04. The smallest absolute Gasteiger partial charge is 0.338 e. The van der Waals surface area contributed by atoms with Crippen LogP contribution in [0.2, 0.25) is 0 Å². The van der Waals surface area contributed by atoms with E-state index in [0.717, 1.165) is 24.8 Å². The van der Waals surface area contributed by atoms with Crippen molar-refractivity contribution in [2.75, 3.05) is 0 Å². The minimum absolute atomic E-state index is 0.00684. The number of ether oxygens (including phenoxy) is 1. The number of benzene rings is 1. The normalized spacial score (nSPS) is 14.4. The van der Waals surface area contributed by atoms with E-state index < -0.39 is 11.4 Å². The van der Waals surface area contributed by atoms with Crippen molar-refractivity contribution in [2.45, 2.75) is 91.0 Å². The fraction of sp³-hybridized carbons (Fsp3) is 0.682. The summed E-state index contributed by atoms with van der Waals surface area (Å²) in [5.74, 6) is 0.391. The number of nitrogens with one attached hydrogen (secondary N) is 1. The summed E-state index contributed by atoms with van der Waals surface area (Å²) in [6.07, 6.45) is 4.23. The molecule has 27 heavy (non-hydrogen) atoms. The van der Waals surface area contributed by atoms with Crippen molar-refractivity contribution in [2.24, 2.45) is 5.92 Å². The highest BCUT2D eigenvalue weighted by atomic mass is 32.2. The summed E-state index contributed by atoms with van der Waals surface area (Å²) in [5, 5.41) is 0. The van der Waals surface area contributed by atoms with Crippen molar-refractivity contribution in [3.63, 3.8) is 0 Å². The summed E-state index contributed by atoms with van der Waals surface area (Å²) in [7, 11) is 0. The molecule has 0 aliphatic carbocycles. The fourth-order valence-electron chi connectivity index (χ4n) is 2.63. The Labute approximate surface area is 168 Å². The van der Waals surface area contributed by atoms with E-state index in [4.69, 9.17) is 4.74 Å². The van der Waals surface area contributed by atoms with Gasteiger partial charge in [-0.1, -0.05) is 45.2 Å². The first-order valence-electron chi connectivity index (χ1n) is 9.99. The summed E-state index contributed by atoms with van der Waals surface area (Å²) in [4.78, 5) is 12.0. The van der Waals surface area contributed by atoms with Gasteiger partial charge < -0.3 is 9.29 Å². The molecule has 0 amide bonds. The van der Waals surface area contributed by atoms with E-state index in [2.05, 4.69) is 18.6 Å². The van der Waals surface area contributed by atoms with Crippen molar-refractivity contribution in [3.05, 3.63) is 35.4 Å². The van der Waals surface area contributed by atoms with Crippen molar-refractivity contribution in [1.82, 2.24) is 4.72 Å². The zero-order valence-electron chi connectivity index (χ0n) is 18.0. The standard InChI is InChI=1S/C22H37NO3S/c1-16(2)10-8-9-11-20(23-27(25)22(5,6)7)18-12-14-19(15-13-18)21(24)26-17(3)4/h12-17,20,23H,8-11H2,1-7H3/t20-,27+/m1/s1. The predicted octanol–water partition coefficient (Wildman–Crippen LogP) is 5.56. The molecule has 0 radical (unpaired) electrons. The first-order valence-corrected chi connectivity index (χ1v) is 11.1. The molecule has 0 unspecified atom stereocenters. The zero-order chi connectivity index (χ0) is 20.6. The van der Waals surface area contributed by atoms with E-state index >= 15 is 0 Å². The molecule has 1 aromatic carbocycles. The van der Waals surface area contributed by atoms with E-state index in [1.165, 1.54) is 6.42 Å². The van der Waals surface area contributed by atoms with E-state index in [-0.39, 0.29) is 22.9 Å². The number of hydrogen-bond donors (Lipinski definition) is 1. The van der Waals surface area contributed by atoms with Crippen LogP contribution in [0.3, 0.4) is 0 Å². The maximum atomic E-state index is 12.6. The van der Waals surface area contributed by atoms with E-state index in [0.29, 0.717) is 11.5 Å². The largest absolute Gasteiger partial charge is 0.598 e. The highest BCUT2D eigenvalue weighted by molar-refractivity contribution is 7.90. The number of carbonyl (C=O) groups excluding carboxylic acids is 1. The lowest BCUT2D eigenvalue weighted by Gasteiger charge is -2.28. The number of rotatable bonds is 10. The van der Waals surface area contributed by atoms with Gasteiger partial charge in [0.25, 0.3) is 0 Å². The van der Waals surface area contributed by atoms with Crippen LogP contribution in [0.5, 0.6) is 0 Å². The lowest BCUT2D eigenvalue weighted by atomic mass is 9.98. The average Bonchev–Trinajstić information content (AvgIpc) is 2.55.